The molecule has 0 bridgehead atoms. The Balaban J connectivity index is 1.59. The van der Waals surface area contributed by atoms with Gasteiger partial charge in [-0.05, 0) is 18.6 Å². The van der Waals surface area contributed by atoms with Crippen molar-refractivity contribution in [2.24, 2.45) is 0 Å². The highest BCUT2D eigenvalue weighted by Gasteiger charge is 2.24. The molecular formula is C13H17N5O2. The Kier molecular flexibility index (Phi) is 3.51. The number of carbonyl (C=O) groups excluding carboxylic acids is 1. The van der Waals surface area contributed by atoms with Gasteiger partial charge in [-0.2, -0.15) is 0 Å². The number of esters is 1. The molecule has 1 unspecified atom stereocenters. The number of nitrogens with one attached hydrogen (secondary N) is 1. The number of carbonyl (C=O) groups is 1. The van der Waals surface area contributed by atoms with Gasteiger partial charge in [-0.1, -0.05) is 0 Å². The van der Waals surface area contributed by atoms with Gasteiger partial charge in [0.2, 0.25) is 0 Å². The Morgan fingerprint density at radius 2 is 2.45 bits per heavy atom. The average Bonchev–Trinajstić information content (AvgIpc) is 3.07. The third-order valence-electron chi connectivity index (χ3n) is 3.46. The number of fused-ring (bicyclic) bond motifs is 1. The summed E-state index contributed by atoms with van der Waals surface area (Å²) < 4.78 is 6.42. The maximum absolute atomic E-state index is 11.2. The van der Waals surface area contributed by atoms with Gasteiger partial charge in [0.25, 0.3) is 0 Å². The zero-order valence-electron chi connectivity index (χ0n) is 11.3. The number of rotatable bonds is 4. The zero-order chi connectivity index (χ0) is 13.9. The van der Waals surface area contributed by atoms with E-state index in [1.165, 1.54) is 7.11 Å². The van der Waals surface area contributed by atoms with Crippen molar-refractivity contribution >= 4 is 17.4 Å². The highest BCUT2D eigenvalue weighted by Crippen LogP contribution is 2.14. The molecule has 7 nitrogen and oxygen atoms in total. The highest BCUT2D eigenvalue weighted by atomic mass is 16.5. The molecule has 20 heavy (non-hydrogen) atoms. The van der Waals surface area contributed by atoms with Crippen LogP contribution in [0.15, 0.2) is 24.5 Å². The number of hydrogen-bond acceptors (Lipinski definition) is 6. The summed E-state index contributed by atoms with van der Waals surface area (Å²) in [7, 11) is 1.42. The maximum Gasteiger partial charge on any atom is 0.319 e. The predicted molar refractivity (Wildman–Crippen MR) is 73.5 cm³/mol. The molecule has 3 heterocycles. The Hall–Kier alpha value is -2.15. The molecule has 0 aliphatic carbocycles. The van der Waals surface area contributed by atoms with Crippen LogP contribution in [0.5, 0.6) is 0 Å². The van der Waals surface area contributed by atoms with E-state index in [2.05, 4.69) is 25.0 Å². The first kappa shape index (κ1) is 12.9. The van der Waals surface area contributed by atoms with Crippen molar-refractivity contribution in [3.05, 3.63) is 24.5 Å². The van der Waals surface area contributed by atoms with Crippen LogP contribution in [0.4, 0.5) is 5.82 Å². The van der Waals surface area contributed by atoms with Gasteiger partial charge in [-0.25, -0.2) is 9.50 Å². The van der Waals surface area contributed by atoms with Crippen LogP contribution in [0.2, 0.25) is 0 Å². The molecule has 1 aliphatic rings. The molecule has 106 valence electrons. The van der Waals surface area contributed by atoms with Gasteiger partial charge >= 0.3 is 5.97 Å². The first-order valence-electron chi connectivity index (χ1n) is 6.61. The number of hydrogen-bond donors (Lipinski definition) is 1. The molecule has 0 saturated carbocycles. The maximum atomic E-state index is 11.2. The van der Waals surface area contributed by atoms with E-state index in [1.807, 2.05) is 18.3 Å². The lowest BCUT2D eigenvalue weighted by molar-refractivity contribution is -0.141. The number of nitrogens with zero attached hydrogens (tertiary/aromatic N) is 4. The Morgan fingerprint density at radius 3 is 3.30 bits per heavy atom. The van der Waals surface area contributed by atoms with Gasteiger partial charge in [0.05, 0.1) is 13.7 Å². The van der Waals surface area contributed by atoms with E-state index >= 15 is 0 Å². The van der Waals surface area contributed by atoms with Crippen LogP contribution in [0.1, 0.15) is 6.42 Å². The molecule has 3 rings (SSSR count). The monoisotopic (exact) mass is 275 g/mol. The normalized spacial score (nSPS) is 19.4. The van der Waals surface area contributed by atoms with Gasteiger partial charge in [-0.15, -0.1) is 5.10 Å². The van der Waals surface area contributed by atoms with Crippen LogP contribution in [0.3, 0.4) is 0 Å². The van der Waals surface area contributed by atoms with Crippen LogP contribution in [-0.4, -0.2) is 58.3 Å². The van der Waals surface area contributed by atoms with Crippen LogP contribution in [-0.2, 0) is 9.53 Å². The summed E-state index contributed by atoms with van der Waals surface area (Å²) in [6.45, 7) is 2.06. The van der Waals surface area contributed by atoms with Crippen LogP contribution in [0, 0.1) is 0 Å². The number of ether oxygens (including phenoxy) is 1. The Morgan fingerprint density at radius 1 is 1.55 bits per heavy atom. The quantitative estimate of drug-likeness (QED) is 0.814. The molecule has 7 heteroatoms. The van der Waals surface area contributed by atoms with Gasteiger partial charge in [0, 0.05) is 31.5 Å². The largest absolute Gasteiger partial charge is 0.468 e. The Labute approximate surface area is 116 Å². The minimum Gasteiger partial charge on any atom is -0.468 e. The molecule has 0 radical (unpaired) electrons. The fourth-order valence-electron chi connectivity index (χ4n) is 2.44. The van der Waals surface area contributed by atoms with Crippen LogP contribution >= 0.6 is 0 Å². The molecule has 0 spiro atoms. The van der Waals surface area contributed by atoms with Crippen molar-refractivity contribution in [1.29, 1.82) is 0 Å². The smallest absolute Gasteiger partial charge is 0.319 e. The summed E-state index contributed by atoms with van der Waals surface area (Å²) in [6, 6.07) is 4.15. The molecule has 0 amide bonds. The van der Waals surface area contributed by atoms with Crippen molar-refractivity contribution in [2.45, 2.75) is 12.5 Å². The van der Waals surface area contributed by atoms with Crippen LogP contribution < -0.4 is 5.32 Å². The first-order valence-corrected chi connectivity index (χ1v) is 6.61. The van der Waals surface area contributed by atoms with Gasteiger partial charge in [0.15, 0.2) is 5.65 Å². The van der Waals surface area contributed by atoms with Crippen molar-refractivity contribution in [2.75, 3.05) is 32.1 Å². The molecule has 1 N–H and O–H groups in total. The minimum absolute atomic E-state index is 0.191. The molecule has 2 aromatic heterocycles. The summed E-state index contributed by atoms with van der Waals surface area (Å²) in [6.07, 6.45) is 4.53. The molecule has 1 fully saturated rings. The van der Waals surface area contributed by atoms with E-state index in [0.717, 1.165) is 31.0 Å². The second kappa shape index (κ2) is 5.46. The van der Waals surface area contributed by atoms with E-state index in [4.69, 9.17) is 0 Å². The minimum atomic E-state index is -0.191. The topological polar surface area (TPSA) is 71.8 Å². The van der Waals surface area contributed by atoms with Crippen molar-refractivity contribution in [1.82, 2.24) is 19.5 Å². The third-order valence-corrected chi connectivity index (χ3v) is 3.46. The SMILES string of the molecule is COC(=O)CN1CCC(Nc2ccc3nccn3n2)C1. The number of likely N-dealkylation sites (tertiary alicyclic amines) is 1. The van der Waals surface area contributed by atoms with E-state index in [-0.39, 0.29) is 5.97 Å². The summed E-state index contributed by atoms with van der Waals surface area (Å²) in [4.78, 5) is 17.5. The molecule has 1 saturated heterocycles. The summed E-state index contributed by atoms with van der Waals surface area (Å²) in [5.41, 5.74) is 0.828. The lowest BCUT2D eigenvalue weighted by Crippen LogP contribution is -2.31. The summed E-state index contributed by atoms with van der Waals surface area (Å²) >= 11 is 0. The second-order valence-electron chi connectivity index (χ2n) is 4.89. The van der Waals surface area contributed by atoms with Crippen molar-refractivity contribution in [3.8, 4) is 0 Å². The standard InChI is InChI=1S/C13H17N5O2/c1-20-13(19)9-17-6-4-10(8-17)15-11-2-3-12-14-5-7-18(12)16-11/h2-3,5,7,10H,4,6,8-9H2,1H3,(H,15,16). The first-order chi connectivity index (χ1) is 9.74. The fourth-order valence-corrected chi connectivity index (χ4v) is 2.44. The molecular weight excluding hydrogens is 258 g/mol. The predicted octanol–water partition coefficient (Wildman–Crippen LogP) is 0.388. The van der Waals surface area contributed by atoms with Gasteiger partial charge in [-0.3, -0.25) is 9.69 Å². The average molecular weight is 275 g/mol. The number of methoxy groups -OCH3 is 1. The van der Waals surface area contributed by atoms with E-state index in [0.29, 0.717) is 12.6 Å². The summed E-state index contributed by atoms with van der Waals surface area (Å²) in [5.74, 6) is 0.629. The third kappa shape index (κ3) is 2.72. The number of imidazole rings is 1. The molecule has 1 atom stereocenters. The number of anilines is 1. The fraction of sp³-hybridized carbons (Fsp3) is 0.462. The zero-order valence-corrected chi connectivity index (χ0v) is 11.3. The van der Waals surface area contributed by atoms with Crippen molar-refractivity contribution in [3.63, 3.8) is 0 Å². The molecule has 1 aliphatic heterocycles. The van der Waals surface area contributed by atoms with Gasteiger partial charge in [0.1, 0.15) is 5.82 Å². The van der Waals surface area contributed by atoms with E-state index in [1.54, 1.807) is 10.7 Å². The molecule has 0 aromatic carbocycles. The lowest BCUT2D eigenvalue weighted by Gasteiger charge is -2.15. The second-order valence-corrected chi connectivity index (χ2v) is 4.89. The van der Waals surface area contributed by atoms with Crippen LogP contribution in [0.25, 0.3) is 5.65 Å². The van der Waals surface area contributed by atoms with Crippen molar-refractivity contribution < 1.29 is 9.53 Å². The molecule has 2 aromatic rings. The van der Waals surface area contributed by atoms with Gasteiger partial charge < -0.3 is 10.1 Å². The highest BCUT2D eigenvalue weighted by molar-refractivity contribution is 5.71. The van der Waals surface area contributed by atoms with E-state index < -0.39 is 0 Å². The van der Waals surface area contributed by atoms with E-state index in [9.17, 15) is 4.79 Å². The number of aromatic nitrogens is 3. The Bertz CT molecular complexity index is 612. The summed E-state index contributed by atoms with van der Waals surface area (Å²) in [5, 5.41) is 7.82. The lowest BCUT2D eigenvalue weighted by atomic mass is 10.2.